The quantitative estimate of drug-likeness (QED) is 0.327. The van der Waals surface area contributed by atoms with Crippen LogP contribution in [0.2, 0.25) is 0 Å². The van der Waals surface area contributed by atoms with Gasteiger partial charge in [-0.3, -0.25) is 14.4 Å². The van der Waals surface area contributed by atoms with Gasteiger partial charge in [0.1, 0.15) is 5.92 Å². The number of piperidine rings is 1. The molecule has 1 saturated heterocycles. The molecule has 0 aromatic carbocycles. The monoisotopic (exact) mass is 269 g/mol. The molecular weight excluding hydrogens is 257 g/mol. The zero-order valence-corrected chi connectivity index (χ0v) is 10.3. The average Bonchev–Trinajstić information content (AvgIpc) is 2.17. The summed E-state index contributed by atoms with van der Waals surface area (Å²) in [6, 6.07) is 0. The lowest BCUT2D eigenvalue weighted by Crippen LogP contribution is -2.45. The number of halogens is 2. The number of hydrogen-bond acceptors (Lipinski definition) is 4. The summed E-state index contributed by atoms with van der Waals surface area (Å²) >= 11 is 5.23. The highest BCUT2D eigenvalue weighted by molar-refractivity contribution is 6.62. The summed E-state index contributed by atoms with van der Waals surface area (Å²) in [6.07, 6.45) is 0.288. The molecule has 1 fully saturated rings. The molecule has 0 aromatic heterocycles. The first kappa shape index (κ1) is 15.2. The second-order valence-corrected chi connectivity index (χ2v) is 3.56. The molecule has 1 rings (SSSR count). The van der Waals surface area contributed by atoms with E-state index in [4.69, 9.17) is 16.3 Å². The van der Waals surface area contributed by atoms with Gasteiger partial charge in [0, 0.05) is 6.54 Å². The highest BCUT2D eigenvalue weighted by atomic mass is 35.5. The summed E-state index contributed by atoms with van der Waals surface area (Å²) in [5.74, 6) is -1.56. The molecule has 0 bridgehead atoms. The number of Topliss-reactive ketones (excluding diaryl/α,β-unsaturated/α-hetero) is 1. The van der Waals surface area contributed by atoms with Gasteiger partial charge in [-0.1, -0.05) is 0 Å². The number of carbonyl (C=O) groups is 3. The Hall–Kier alpha value is -0.810. The van der Waals surface area contributed by atoms with E-state index in [1.54, 1.807) is 6.92 Å². The van der Waals surface area contributed by atoms with Crippen LogP contribution in [-0.2, 0) is 14.3 Å². The van der Waals surface area contributed by atoms with E-state index < -0.39 is 17.3 Å². The van der Waals surface area contributed by atoms with E-state index in [-0.39, 0.29) is 37.8 Å². The molecule has 92 valence electrons. The van der Waals surface area contributed by atoms with Crippen molar-refractivity contribution in [1.82, 2.24) is 4.90 Å². The molecule has 0 spiro atoms. The third kappa shape index (κ3) is 3.64. The van der Waals surface area contributed by atoms with Gasteiger partial charge in [0.05, 0.1) is 13.2 Å². The molecule has 0 aliphatic carbocycles. The second-order valence-electron chi connectivity index (χ2n) is 3.23. The van der Waals surface area contributed by atoms with Crippen molar-refractivity contribution in [1.29, 1.82) is 0 Å². The Balaban J connectivity index is 0.00000225. The number of rotatable bonds is 2. The maximum atomic E-state index is 11.5. The van der Waals surface area contributed by atoms with Crippen molar-refractivity contribution in [3.8, 4) is 0 Å². The number of carbonyl (C=O) groups excluding carboxylic acids is 3. The number of esters is 1. The van der Waals surface area contributed by atoms with Gasteiger partial charge >= 0.3 is 11.3 Å². The van der Waals surface area contributed by atoms with Crippen LogP contribution in [0.3, 0.4) is 0 Å². The Morgan fingerprint density at radius 2 is 2.19 bits per heavy atom. The van der Waals surface area contributed by atoms with E-state index in [1.165, 1.54) is 4.90 Å². The van der Waals surface area contributed by atoms with Crippen LogP contribution in [0.1, 0.15) is 13.3 Å². The molecule has 0 saturated carbocycles. The van der Waals surface area contributed by atoms with Crippen LogP contribution >= 0.6 is 24.0 Å². The lowest BCUT2D eigenvalue weighted by atomic mass is 9.96. The highest BCUT2D eigenvalue weighted by Crippen LogP contribution is 2.16. The lowest BCUT2D eigenvalue weighted by Gasteiger charge is -2.27. The molecule has 16 heavy (non-hydrogen) atoms. The van der Waals surface area contributed by atoms with Crippen molar-refractivity contribution in [2.24, 2.45) is 5.92 Å². The third-order valence-electron chi connectivity index (χ3n) is 2.24. The highest BCUT2D eigenvalue weighted by Gasteiger charge is 2.34. The van der Waals surface area contributed by atoms with E-state index in [1.807, 2.05) is 0 Å². The number of ether oxygens (including phenoxy) is 1. The largest absolute Gasteiger partial charge is 0.465 e. The first-order valence-electron chi connectivity index (χ1n) is 4.70. The van der Waals surface area contributed by atoms with Crippen LogP contribution in [0.15, 0.2) is 0 Å². The molecule has 5 nitrogen and oxygen atoms in total. The van der Waals surface area contributed by atoms with Crippen LogP contribution in [-0.4, -0.2) is 41.7 Å². The van der Waals surface area contributed by atoms with Crippen molar-refractivity contribution < 1.29 is 19.1 Å². The van der Waals surface area contributed by atoms with Crippen LogP contribution in [0, 0.1) is 5.92 Å². The lowest BCUT2D eigenvalue weighted by molar-refractivity contribution is -0.153. The van der Waals surface area contributed by atoms with Crippen LogP contribution in [0.4, 0.5) is 4.79 Å². The van der Waals surface area contributed by atoms with Gasteiger partial charge in [-0.25, -0.2) is 0 Å². The van der Waals surface area contributed by atoms with Gasteiger partial charge in [0.25, 0.3) is 0 Å². The van der Waals surface area contributed by atoms with Gasteiger partial charge in [0.15, 0.2) is 5.78 Å². The molecule has 0 aromatic rings. The van der Waals surface area contributed by atoms with Crippen molar-refractivity contribution in [3.05, 3.63) is 0 Å². The molecule has 7 heteroatoms. The molecule has 1 unspecified atom stereocenters. The Labute approximate surface area is 104 Å². The fourth-order valence-electron chi connectivity index (χ4n) is 1.47. The summed E-state index contributed by atoms with van der Waals surface area (Å²) in [6.45, 7) is 2.14. The summed E-state index contributed by atoms with van der Waals surface area (Å²) in [5.41, 5.74) is 0. The topological polar surface area (TPSA) is 63.7 Å². The molecule has 0 radical (unpaired) electrons. The van der Waals surface area contributed by atoms with Gasteiger partial charge in [-0.2, -0.15) is 0 Å². The van der Waals surface area contributed by atoms with Crippen molar-refractivity contribution in [3.63, 3.8) is 0 Å². The summed E-state index contributed by atoms with van der Waals surface area (Å²) < 4.78 is 4.75. The van der Waals surface area contributed by atoms with Gasteiger partial charge < -0.3 is 9.64 Å². The third-order valence-corrected chi connectivity index (χ3v) is 2.48. The Morgan fingerprint density at radius 1 is 1.56 bits per heavy atom. The Morgan fingerprint density at radius 3 is 2.62 bits per heavy atom. The maximum Gasteiger partial charge on any atom is 0.316 e. The molecule has 1 amide bonds. The minimum absolute atomic E-state index is 0. The molecule has 1 aliphatic rings. The Bertz CT molecular complexity index is 295. The first-order valence-corrected chi connectivity index (χ1v) is 5.07. The molecule has 1 heterocycles. The number of ketones is 1. The molecule has 1 atom stereocenters. The van der Waals surface area contributed by atoms with Gasteiger partial charge in [-0.05, 0) is 24.9 Å². The summed E-state index contributed by atoms with van der Waals surface area (Å²) in [5, 5.41) is -0.661. The molecule has 0 N–H and O–H groups in total. The van der Waals surface area contributed by atoms with Crippen LogP contribution in [0.25, 0.3) is 0 Å². The SMILES string of the molecule is CCOC(=O)C1CCN(C(=O)Cl)CC1=O.Cl. The van der Waals surface area contributed by atoms with Crippen LogP contribution in [0.5, 0.6) is 0 Å². The minimum atomic E-state index is -0.739. The first-order chi connectivity index (χ1) is 7.06. The second kappa shape index (κ2) is 6.70. The van der Waals surface area contributed by atoms with Gasteiger partial charge in [0.2, 0.25) is 0 Å². The van der Waals surface area contributed by atoms with Crippen LogP contribution < -0.4 is 0 Å². The van der Waals surface area contributed by atoms with E-state index >= 15 is 0 Å². The summed E-state index contributed by atoms with van der Waals surface area (Å²) in [7, 11) is 0. The zero-order valence-electron chi connectivity index (χ0n) is 8.77. The number of likely N-dealkylation sites (tertiary alicyclic amines) is 1. The molecule has 1 aliphatic heterocycles. The van der Waals surface area contributed by atoms with E-state index in [9.17, 15) is 14.4 Å². The van der Waals surface area contributed by atoms with Gasteiger partial charge in [-0.15, -0.1) is 12.4 Å². The minimum Gasteiger partial charge on any atom is -0.465 e. The smallest absolute Gasteiger partial charge is 0.316 e. The average molecular weight is 270 g/mol. The predicted molar refractivity (Wildman–Crippen MR) is 59.8 cm³/mol. The Kier molecular flexibility index (Phi) is 6.36. The zero-order chi connectivity index (χ0) is 11.4. The van der Waals surface area contributed by atoms with Crippen molar-refractivity contribution in [2.75, 3.05) is 19.7 Å². The molecular formula is C9H13Cl2NO4. The fourth-order valence-corrected chi connectivity index (χ4v) is 1.61. The number of nitrogens with zero attached hydrogens (tertiary/aromatic N) is 1. The van der Waals surface area contributed by atoms with E-state index in [0.717, 1.165) is 0 Å². The standard InChI is InChI=1S/C9H12ClNO4.ClH/c1-2-15-8(13)6-3-4-11(9(10)14)5-7(6)12;/h6H,2-5H2,1H3;1H. The summed E-state index contributed by atoms with van der Waals surface area (Å²) in [4.78, 5) is 34.8. The van der Waals surface area contributed by atoms with E-state index in [0.29, 0.717) is 6.54 Å². The van der Waals surface area contributed by atoms with Crippen molar-refractivity contribution >= 4 is 41.1 Å². The van der Waals surface area contributed by atoms with E-state index in [2.05, 4.69) is 0 Å². The normalized spacial score (nSPS) is 20.0. The fraction of sp³-hybridized carbons (Fsp3) is 0.667. The van der Waals surface area contributed by atoms with Crippen molar-refractivity contribution in [2.45, 2.75) is 13.3 Å². The number of hydrogen-bond donors (Lipinski definition) is 0. The number of amides is 1. The predicted octanol–water partition coefficient (Wildman–Crippen LogP) is 1.22. The maximum absolute atomic E-state index is 11.5.